The van der Waals surface area contributed by atoms with Gasteiger partial charge in [0.25, 0.3) is 5.91 Å². The Balaban J connectivity index is 1.88. The monoisotopic (exact) mass is 327 g/mol. The zero-order valence-electron chi connectivity index (χ0n) is 13.2. The number of hydrogen-bond acceptors (Lipinski definition) is 2. The van der Waals surface area contributed by atoms with Crippen molar-refractivity contribution in [1.82, 2.24) is 14.5 Å². The molecule has 0 aliphatic heterocycles. The summed E-state index contributed by atoms with van der Waals surface area (Å²) in [7, 11) is 1.80. The minimum absolute atomic E-state index is 0.00185. The zero-order chi connectivity index (χ0) is 16.4. The lowest BCUT2D eigenvalue weighted by Crippen LogP contribution is -2.28. The van der Waals surface area contributed by atoms with Gasteiger partial charge in [-0.1, -0.05) is 35.9 Å². The van der Waals surface area contributed by atoms with E-state index in [-0.39, 0.29) is 5.91 Å². The molecule has 0 aliphatic rings. The van der Waals surface area contributed by atoms with Crippen molar-refractivity contribution < 1.29 is 4.79 Å². The normalized spacial score (nSPS) is 10.9. The predicted octanol–water partition coefficient (Wildman–Crippen LogP) is 3.98. The van der Waals surface area contributed by atoms with Gasteiger partial charge in [-0.3, -0.25) is 4.79 Å². The molecule has 1 aromatic carbocycles. The molecule has 5 heteroatoms. The van der Waals surface area contributed by atoms with Crippen LogP contribution in [0.2, 0.25) is 5.15 Å². The van der Waals surface area contributed by atoms with Gasteiger partial charge in [0.15, 0.2) is 0 Å². The van der Waals surface area contributed by atoms with Crippen LogP contribution in [0.3, 0.4) is 0 Å². The van der Waals surface area contributed by atoms with Crippen molar-refractivity contribution in [1.29, 1.82) is 0 Å². The summed E-state index contributed by atoms with van der Waals surface area (Å²) in [5.74, 6) is -0.00185. The maximum atomic E-state index is 12.8. The molecule has 0 unspecified atom stereocenters. The second-order valence-electron chi connectivity index (χ2n) is 5.48. The van der Waals surface area contributed by atoms with Crippen molar-refractivity contribution in [3.05, 3.63) is 65.1 Å². The van der Waals surface area contributed by atoms with Gasteiger partial charge in [-0.25, -0.2) is 4.98 Å². The summed E-state index contributed by atoms with van der Waals surface area (Å²) in [6.45, 7) is 3.30. The van der Waals surface area contributed by atoms with Crippen LogP contribution in [-0.2, 0) is 13.1 Å². The van der Waals surface area contributed by atoms with E-state index in [1.807, 2.05) is 47.9 Å². The minimum Gasteiger partial charge on any atom is -0.337 e. The van der Waals surface area contributed by atoms with Gasteiger partial charge < -0.3 is 9.47 Å². The first-order chi connectivity index (χ1) is 11.1. The molecule has 3 rings (SSSR count). The highest BCUT2D eigenvalue weighted by Crippen LogP contribution is 2.21. The van der Waals surface area contributed by atoms with Gasteiger partial charge in [-0.15, -0.1) is 0 Å². The van der Waals surface area contributed by atoms with Crippen LogP contribution in [0.4, 0.5) is 0 Å². The van der Waals surface area contributed by atoms with E-state index in [0.717, 1.165) is 23.0 Å². The van der Waals surface area contributed by atoms with E-state index >= 15 is 0 Å². The molecule has 3 aromatic rings. The van der Waals surface area contributed by atoms with Gasteiger partial charge in [0.05, 0.1) is 0 Å². The summed E-state index contributed by atoms with van der Waals surface area (Å²) in [6.07, 6.45) is 1.70. The number of para-hydroxylation sites is 1. The van der Waals surface area contributed by atoms with Gasteiger partial charge >= 0.3 is 0 Å². The van der Waals surface area contributed by atoms with Crippen molar-refractivity contribution >= 4 is 28.4 Å². The number of pyridine rings is 1. The average Bonchev–Trinajstić information content (AvgIpc) is 2.94. The molecule has 23 heavy (non-hydrogen) atoms. The smallest absolute Gasteiger partial charge is 0.270 e. The highest BCUT2D eigenvalue weighted by atomic mass is 35.5. The topological polar surface area (TPSA) is 38.1 Å². The molecule has 2 aromatic heterocycles. The number of rotatable bonds is 4. The largest absolute Gasteiger partial charge is 0.337 e. The Morgan fingerprint density at radius 1 is 1.26 bits per heavy atom. The molecule has 0 spiro atoms. The number of carbonyl (C=O) groups excluding carboxylic acids is 1. The van der Waals surface area contributed by atoms with Crippen LogP contribution in [0.15, 0.2) is 48.7 Å². The number of halogens is 1. The Hall–Kier alpha value is -2.33. The number of nitrogens with zero attached hydrogens (tertiary/aromatic N) is 3. The molecular weight excluding hydrogens is 310 g/mol. The van der Waals surface area contributed by atoms with Gasteiger partial charge in [0, 0.05) is 37.2 Å². The van der Waals surface area contributed by atoms with Gasteiger partial charge in [-0.05, 0) is 30.7 Å². The molecule has 0 atom stereocenters. The lowest BCUT2D eigenvalue weighted by atomic mass is 10.2. The number of fused-ring (bicyclic) bond motifs is 1. The van der Waals surface area contributed by atoms with E-state index < -0.39 is 0 Å². The van der Waals surface area contributed by atoms with E-state index in [1.165, 1.54) is 0 Å². The standard InChI is InChI=1S/C18H18ClN3O/c1-3-22-15-7-5-4-6-14(15)10-16(22)18(23)21(2)12-13-8-9-17(19)20-11-13/h4-11H,3,12H2,1-2H3. The van der Waals surface area contributed by atoms with Crippen LogP contribution in [0.5, 0.6) is 0 Å². The SMILES string of the molecule is CCn1c(C(=O)N(C)Cc2ccc(Cl)nc2)cc2ccccc21. The first-order valence-electron chi connectivity index (χ1n) is 7.54. The average molecular weight is 328 g/mol. The fraction of sp³-hybridized carbons (Fsp3) is 0.222. The van der Waals surface area contributed by atoms with Crippen molar-refractivity contribution in [2.24, 2.45) is 0 Å². The second kappa shape index (κ2) is 6.42. The zero-order valence-corrected chi connectivity index (χ0v) is 13.9. The summed E-state index contributed by atoms with van der Waals surface area (Å²) in [5, 5.41) is 1.54. The Labute approximate surface area is 140 Å². The fourth-order valence-electron chi connectivity index (χ4n) is 2.77. The lowest BCUT2D eigenvalue weighted by molar-refractivity contribution is 0.0775. The maximum Gasteiger partial charge on any atom is 0.270 e. The maximum absolute atomic E-state index is 12.8. The van der Waals surface area contributed by atoms with Crippen molar-refractivity contribution in [2.45, 2.75) is 20.0 Å². The highest BCUT2D eigenvalue weighted by Gasteiger charge is 2.18. The fourth-order valence-corrected chi connectivity index (χ4v) is 2.88. The van der Waals surface area contributed by atoms with Crippen LogP contribution in [0.1, 0.15) is 23.0 Å². The van der Waals surface area contributed by atoms with Crippen molar-refractivity contribution in [3.63, 3.8) is 0 Å². The number of aryl methyl sites for hydroxylation is 1. The van der Waals surface area contributed by atoms with Gasteiger partial charge in [-0.2, -0.15) is 0 Å². The second-order valence-corrected chi connectivity index (χ2v) is 5.87. The lowest BCUT2D eigenvalue weighted by Gasteiger charge is -2.18. The molecule has 0 radical (unpaired) electrons. The Bertz CT molecular complexity index is 839. The van der Waals surface area contributed by atoms with Gasteiger partial charge in [0.1, 0.15) is 10.8 Å². The van der Waals surface area contributed by atoms with E-state index in [0.29, 0.717) is 17.4 Å². The molecule has 0 fully saturated rings. The number of aromatic nitrogens is 2. The summed E-state index contributed by atoms with van der Waals surface area (Å²) < 4.78 is 2.05. The summed E-state index contributed by atoms with van der Waals surface area (Å²) >= 11 is 5.80. The van der Waals surface area contributed by atoms with Crippen LogP contribution in [0, 0.1) is 0 Å². The molecule has 2 heterocycles. The van der Waals surface area contributed by atoms with E-state index in [2.05, 4.69) is 4.98 Å². The van der Waals surface area contributed by atoms with Crippen LogP contribution >= 0.6 is 11.6 Å². The summed E-state index contributed by atoms with van der Waals surface area (Å²) in [4.78, 5) is 18.6. The third kappa shape index (κ3) is 3.08. The van der Waals surface area contributed by atoms with Crippen LogP contribution in [-0.4, -0.2) is 27.4 Å². The quantitative estimate of drug-likeness (QED) is 0.680. The number of amides is 1. The molecule has 0 saturated heterocycles. The Morgan fingerprint density at radius 3 is 2.74 bits per heavy atom. The molecule has 4 nitrogen and oxygen atoms in total. The van der Waals surface area contributed by atoms with Crippen LogP contribution in [0.25, 0.3) is 10.9 Å². The molecule has 0 N–H and O–H groups in total. The minimum atomic E-state index is -0.00185. The predicted molar refractivity (Wildman–Crippen MR) is 92.7 cm³/mol. The molecule has 0 bridgehead atoms. The molecular formula is C18H18ClN3O. The first kappa shape index (κ1) is 15.6. The third-order valence-electron chi connectivity index (χ3n) is 3.90. The number of carbonyl (C=O) groups is 1. The van der Waals surface area contributed by atoms with E-state index in [1.54, 1.807) is 24.2 Å². The Morgan fingerprint density at radius 2 is 2.04 bits per heavy atom. The van der Waals surface area contributed by atoms with Gasteiger partial charge in [0.2, 0.25) is 0 Å². The summed E-state index contributed by atoms with van der Waals surface area (Å²) in [5.41, 5.74) is 2.74. The van der Waals surface area contributed by atoms with Crippen molar-refractivity contribution in [2.75, 3.05) is 7.05 Å². The highest BCUT2D eigenvalue weighted by molar-refractivity contribution is 6.29. The molecule has 0 saturated carbocycles. The first-order valence-corrected chi connectivity index (χ1v) is 7.92. The molecule has 118 valence electrons. The number of benzene rings is 1. The summed E-state index contributed by atoms with van der Waals surface area (Å²) in [6, 6.07) is 13.6. The van der Waals surface area contributed by atoms with E-state index in [4.69, 9.17) is 11.6 Å². The number of hydrogen-bond donors (Lipinski definition) is 0. The molecule has 0 aliphatic carbocycles. The van der Waals surface area contributed by atoms with E-state index in [9.17, 15) is 4.79 Å². The van der Waals surface area contributed by atoms with Crippen LogP contribution < -0.4 is 0 Å². The molecule has 1 amide bonds. The van der Waals surface area contributed by atoms with Crippen molar-refractivity contribution in [3.8, 4) is 0 Å². The Kier molecular flexibility index (Phi) is 4.35. The third-order valence-corrected chi connectivity index (χ3v) is 4.12.